The van der Waals surface area contributed by atoms with Gasteiger partial charge in [0, 0.05) is 6.04 Å². The van der Waals surface area contributed by atoms with Crippen molar-refractivity contribution < 1.29 is 18.7 Å². The van der Waals surface area contributed by atoms with E-state index in [1.54, 1.807) is 11.8 Å². The Morgan fingerprint density at radius 1 is 1.42 bits per heavy atom. The van der Waals surface area contributed by atoms with Crippen LogP contribution in [0, 0.1) is 11.6 Å². The third kappa shape index (κ3) is 4.70. The van der Waals surface area contributed by atoms with Crippen LogP contribution < -0.4 is 5.32 Å². The molecule has 1 aromatic rings. The Morgan fingerprint density at radius 2 is 2.00 bits per heavy atom. The Kier molecular flexibility index (Phi) is 6.08. The predicted octanol–water partition coefficient (Wildman–Crippen LogP) is 3.61. The molecular weight excluding hydrogens is 272 g/mol. The highest BCUT2D eigenvalue weighted by molar-refractivity contribution is 7.99. The molecule has 1 atom stereocenters. The summed E-state index contributed by atoms with van der Waals surface area (Å²) >= 11 is 1.76. The van der Waals surface area contributed by atoms with Crippen molar-refractivity contribution in [2.45, 2.75) is 26.3 Å². The van der Waals surface area contributed by atoms with Gasteiger partial charge < -0.3 is 10.4 Å². The lowest BCUT2D eigenvalue weighted by Crippen LogP contribution is -2.18. The number of benzene rings is 1. The Bertz CT molecular complexity index is 431. The van der Waals surface area contributed by atoms with E-state index in [4.69, 9.17) is 5.11 Å². The number of nitrogens with one attached hydrogen (secondary N) is 1. The molecule has 19 heavy (non-hydrogen) atoms. The summed E-state index contributed by atoms with van der Waals surface area (Å²) in [6.07, 6.45) is 0.776. The van der Waals surface area contributed by atoms with E-state index in [0.717, 1.165) is 30.1 Å². The second kappa shape index (κ2) is 7.33. The van der Waals surface area contributed by atoms with Crippen LogP contribution in [0.2, 0.25) is 0 Å². The number of carboxylic acid groups (broad SMARTS) is 1. The Labute approximate surface area is 115 Å². The van der Waals surface area contributed by atoms with E-state index >= 15 is 0 Å². The maximum absolute atomic E-state index is 13.6. The van der Waals surface area contributed by atoms with Gasteiger partial charge in [-0.25, -0.2) is 13.6 Å². The lowest BCUT2D eigenvalue weighted by molar-refractivity contribution is 0.0696. The zero-order valence-electron chi connectivity index (χ0n) is 10.9. The predicted molar refractivity (Wildman–Crippen MR) is 74.0 cm³/mol. The maximum Gasteiger partial charge on any atom is 0.335 e. The minimum absolute atomic E-state index is 0.0845. The number of thioether (sulfide) groups is 1. The van der Waals surface area contributed by atoms with Gasteiger partial charge >= 0.3 is 5.97 Å². The van der Waals surface area contributed by atoms with Crippen molar-refractivity contribution in [1.29, 1.82) is 0 Å². The van der Waals surface area contributed by atoms with E-state index in [-0.39, 0.29) is 11.7 Å². The zero-order valence-corrected chi connectivity index (χ0v) is 11.7. The summed E-state index contributed by atoms with van der Waals surface area (Å²) in [6, 6.07) is 1.56. The minimum Gasteiger partial charge on any atom is -0.478 e. The van der Waals surface area contributed by atoms with E-state index < -0.39 is 23.2 Å². The molecule has 6 heteroatoms. The summed E-state index contributed by atoms with van der Waals surface area (Å²) in [5, 5.41) is 11.4. The minimum atomic E-state index is -1.35. The molecule has 2 N–H and O–H groups in total. The number of anilines is 1. The van der Waals surface area contributed by atoms with Gasteiger partial charge in [0.25, 0.3) is 0 Å². The monoisotopic (exact) mass is 289 g/mol. The summed E-state index contributed by atoms with van der Waals surface area (Å²) in [7, 11) is 0. The number of halogens is 2. The van der Waals surface area contributed by atoms with Gasteiger partial charge in [-0.1, -0.05) is 6.92 Å². The molecule has 1 aromatic carbocycles. The van der Waals surface area contributed by atoms with Crippen LogP contribution in [-0.4, -0.2) is 28.6 Å². The summed E-state index contributed by atoms with van der Waals surface area (Å²) in [6.45, 7) is 3.88. The summed E-state index contributed by atoms with van der Waals surface area (Å²) < 4.78 is 27.3. The van der Waals surface area contributed by atoms with E-state index in [9.17, 15) is 13.6 Å². The molecule has 0 saturated carbocycles. The van der Waals surface area contributed by atoms with Crippen LogP contribution in [0.1, 0.15) is 30.6 Å². The van der Waals surface area contributed by atoms with Crippen LogP contribution >= 0.6 is 11.8 Å². The van der Waals surface area contributed by atoms with Crippen LogP contribution in [0.3, 0.4) is 0 Å². The first-order valence-corrected chi connectivity index (χ1v) is 7.17. The van der Waals surface area contributed by atoms with Crippen molar-refractivity contribution in [3.05, 3.63) is 29.3 Å². The molecule has 3 nitrogen and oxygen atoms in total. The third-order valence-corrected chi connectivity index (χ3v) is 3.51. The van der Waals surface area contributed by atoms with E-state index in [2.05, 4.69) is 5.32 Å². The van der Waals surface area contributed by atoms with Crippen LogP contribution in [0.5, 0.6) is 0 Å². The molecule has 0 fully saturated rings. The van der Waals surface area contributed by atoms with E-state index in [1.165, 1.54) is 0 Å². The maximum atomic E-state index is 13.6. The molecule has 106 valence electrons. The fourth-order valence-corrected chi connectivity index (χ4v) is 2.37. The highest BCUT2D eigenvalue weighted by atomic mass is 32.2. The summed E-state index contributed by atoms with van der Waals surface area (Å²) in [4.78, 5) is 10.7. The highest BCUT2D eigenvalue weighted by Crippen LogP contribution is 2.22. The van der Waals surface area contributed by atoms with Crippen LogP contribution in [0.25, 0.3) is 0 Å². The SMILES string of the molecule is CCSCCC(C)Nc1c(F)cc(C(=O)O)cc1F. The van der Waals surface area contributed by atoms with Crippen molar-refractivity contribution in [2.75, 3.05) is 16.8 Å². The molecule has 0 aliphatic rings. The number of aromatic carboxylic acids is 1. The van der Waals surface area contributed by atoms with Crippen molar-refractivity contribution in [2.24, 2.45) is 0 Å². The molecule has 0 radical (unpaired) electrons. The number of hydrogen-bond acceptors (Lipinski definition) is 3. The molecule has 0 aliphatic heterocycles. The molecule has 0 aliphatic carbocycles. The summed E-state index contributed by atoms with van der Waals surface area (Å²) in [5.41, 5.74) is -0.659. The second-order valence-electron chi connectivity index (χ2n) is 4.15. The van der Waals surface area contributed by atoms with Crippen molar-refractivity contribution in [1.82, 2.24) is 0 Å². The van der Waals surface area contributed by atoms with Gasteiger partial charge in [0.2, 0.25) is 0 Å². The smallest absolute Gasteiger partial charge is 0.335 e. The number of hydrogen-bond donors (Lipinski definition) is 2. The largest absolute Gasteiger partial charge is 0.478 e. The number of carbonyl (C=O) groups is 1. The first-order valence-electron chi connectivity index (χ1n) is 6.02. The molecule has 0 spiro atoms. The molecule has 1 rings (SSSR count). The summed E-state index contributed by atoms with van der Waals surface area (Å²) in [5.74, 6) is -1.21. The first kappa shape index (κ1) is 15.8. The van der Waals surface area contributed by atoms with E-state index in [1.807, 2.05) is 13.8 Å². The fraction of sp³-hybridized carbons (Fsp3) is 0.462. The van der Waals surface area contributed by atoms with Gasteiger partial charge in [0.15, 0.2) is 0 Å². The Morgan fingerprint density at radius 3 is 2.47 bits per heavy atom. The van der Waals surface area contributed by atoms with Crippen molar-refractivity contribution >= 4 is 23.4 Å². The fourth-order valence-electron chi connectivity index (χ4n) is 1.56. The van der Waals surface area contributed by atoms with Crippen LogP contribution in [0.4, 0.5) is 14.5 Å². The lowest BCUT2D eigenvalue weighted by Gasteiger charge is -2.16. The van der Waals surface area contributed by atoms with Crippen molar-refractivity contribution in [3.8, 4) is 0 Å². The van der Waals surface area contributed by atoms with Crippen LogP contribution in [-0.2, 0) is 0 Å². The van der Waals surface area contributed by atoms with Gasteiger partial charge in [0.1, 0.15) is 17.3 Å². The molecule has 0 heterocycles. The quantitative estimate of drug-likeness (QED) is 0.753. The van der Waals surface area contributed by atoms with Gasteiger partial charge in [-0.15, -0.1) is 0 Å². The second-order valence-corrected chi connectivity index (χ2v) is 5.54. The number of rotatable bonds is 7. The number of carboxylic acids is 1. The molecule has 1 unspecified atom stereocenters. The zero-order chi connectivity index (χ0) is 14.4. The molecule has 0 aromatic heterocycles. The Hall–Kier alpha value is -1.30. The normalized spacial score (nSPS) is 12.2. The van der Waals surface area contributed by atoms with E-state index in [0.29, 0.717) is 0 Å². The average Bonchev–Trinajstić information content (AvgIpc) is 2.33. The molecule has 0 saturated heterocycles. The lowest BCUT2D eigenvalue weighted by atomic mass is 10.1. The third-order valence-electron chi connectivity index (χ3n) is 2.58. The van der Waals surface area contributed by atoms with Gasteiger partial charge in [-0.3, -0.25) is 0 Å². The van der Waals surface area contributed by atoms with Gasteiger partial charge in [0.05, 0.1) is 5.56 Å². The first-order chi connectivity index (χ1) is 8.95. The highest BCUT2D eigenvalue weighted by Gasteiger charge is 2.16. The van der Waals surface area contributed by atoms with Gasteiger partial charge in [-0.05, 0) is 37.0 Å². The Balaban J connectivity index is 2.75. The molecular formula is C13H17F2NO2S. The standard InChI is InChI=1S/C13H17F2NO2S/c1-3-19-5-4-8(2)16-12-10(14)6-9(13(17)18)7-11(12)15/h6-8,16H,3-5H2,1-2H3,(H,17,18). The molecule has 0 amide bonds. The van der Waals surface area contributed by atoms with Crippen molar-refractivity contribution in [3.63, 3.8) is 0 Å². The molecule has 0 bridgehead atoms. The van der Waals surface area contributed by atoms with Crippen LogP contribution in [0.15, 0.2) is 12.1 Å². The topological polar surface area (TPSA) is 49.3 Å². The van der Waals surface area contributed by atoms with Gasteiger partial charge in [-0.2, -0.15) is 11.8 Å². The average molecular weight is 289 g/mol.